The van der Waals surface area contributed by atoms with Gasteiger partial charge in [-0.15, -0.1) is 0 Å². The van der Waals surface area contributed by atoms with Gasteiger partial charge in [0.25, 0.3) is 0 Å². The Kier molecular flexibility index (Phi) is 4.09. The number of rotatable bonds is 4. The Morgan fingerprint density at radius 2 is 2.05 bits per heavy atom. The van der Waals surface area contributed by atoms with E-state index in [-0.39, 0.29) is 0 Å². The summed E-state index contributed by atoms with van der Waals surface area (Å²) in [6, 6.07) is 8.33. The van der Waals surface area contributed by atoms with Crippen LogP contribution >= 0.6 is 0 Å². The van der Waals surface area contributed by atoms with Crippen LogP contribution in [0.15, 0.2) is 18.2 Å². The molecule has 0 unspecified atom stereocenters. The number of imidazole rings is 1. The van der Waals surface area contributed by atoms with Crippen LogP contribution in [0.3, 0.4) is 0 Å². The Labute approximate surface area is 119 Å². The second-order valence-electron chi connectivity index (χ2n) is 4.94. The maximum atomic E-state index is 9.15. The van der Waals surface area contributed by atoms with Gasteiger partial charge in [-0.25, -0.2) is 4.98 Å². The van der Waals surface area contributed by atoms with Crippen molar-refractivity contribution in [3.8, 4) is 11.8 Å². The number of ether oxygens (including phenoxy) is 1. The van der Waals surface area contributed by atoms with Gasteiger partial charge in [0, 0.05) is 7.05 Å². The summed E-state index contributed by atoms with van der Waals surface area (Å²) in [6.45, 7) is 3.98. The molecule has 4 heteroatoms. The zero-order valence-corrected chi connectivity index (χ0v) is 12.4. The Morgan fingerprint density at radius 3 is 2.70 bits per heavy atom. The second kappa shape index (κ2) is 5.79. The summed E-state index contributed by atoms with van der Waals surface area (Å²) < 4.78 is 7.38. The largest absolute Gasteiger partial charge is 0.496 e. The molecule has 1 heterocycles. The minimum absolute atomic E-state index is 0.525. The van der Waals surface area contributed by atoms with Crippen LogP contribution in [0.5, 0.6) is 5.75 Å². The van der Waals surface area contributed by atoms with Gasteiger partial charge >= 0.3 is 0 Å². The minimum atomic E-state index is 0.525. The highest BCUT2D eigenvalue weighted by molar-refractivity contribution is 5.38. The van der Waals surface area contributed by atoms with Gasteiger partial charge < -0.3 is 9.30 Å². The first kappa shape index (κ1) is 14.1. The molecule has 1 aromatic carbocycles. The zero-order valence-electron chi connectivity index (χ0n) is 12.4. The molecule has 0 bridgehead atoms. The molecule has 0 atom stereocenters. The molecular weight excluding hydrogens is 250 g/mol. The number of hydrogen-bond acceptors (Lipinski definition) is 3. The summed E-state index contributed by atoms with van der Waals surface area (Å²) in [5.41, 5.74) is 3.88. The molecule has 4 nitrogen and oxygen atoms in total. The Hall–Kier alpha value is -2.28. The van der Waals surface area contributed by atoms with Crippen LogP contribution in [0.2, 0.25) is 0 Å². The van der Waals surface area contributed by atoms with Gasteiger partial charge in [0.15, 0.2) is 5.69 Å². The molecule has 0 saturated carbocycles. The van der Waals surface area contributed by atoms with E-state index in [1.807, 2.05) is 30.7 Å². The Balaban J connectivity index is 2.25. The highest BCUT2D eigenvalue weighted by Crippen LogP contribution is 2.22. The summed E-state index contributed by atoms with van der Waals surface area (Å²) >= 11 is 0. The molecule has 0 aliphatic carbocycles. The predicted molar refractivity (Wildman–Crippen MR) is 77.8 cm³/mol. The van der Waals surface area contributed by atoms with Crippen LogP contribution < -0.4 is 4.74 Å². The molecular formula is C16H19N3O. The van der Waals surface area contributed by atoms with Crippen LogP contribution in [0, 0.1) is 25.2 Å². The van der Waals surface area contributed by atoms with Crippen molar-refractivity contribution >= 4 is 0 Å². The van der Waals surface area contributed by atoms with Gasteiger partial charge in [0.1, 0.15) is 17.6 Å². The van der Waals surface area contributed by atoms with Crippen molar-refractivity contribution in [2.75, 3.05) is 7.11 Å². The zero-order chi connectivity index (χ0) is 14.7. The van der Waals surface area contributed by atoms with Crippen molar-refractivity contribution in [1.82, 2.24) is 9.55 Å². The number of benzene rings is 1. The molecule has 20 heavy (non-hydrogen) atoms. The van der Waals surface area contributed by atoms with Gasteiger partial charge in [-0.1, -0.05) is 17.7 Å². The van der Waals surface area contributed by atoms with E-state index >= 15 is 0 Å². The SMILES string of the molecule is COc1ccc(C)cc1CCc1c(C#N)nc(C)n1C. The second-order valence-corrected chi connectivity index (χ2v) is 4.94. The van der Waals surface area contributed by atoms with Crippen molar-refractivity contribution in [2.24, 2.45) is 7.05 Å². The molecule has 0 aliphatic heterocycles. The standard InChI is InChI=1S/C16H19N3O/c1-11-5-8-16(20-4)13(9-11)6-7-15-14(10-17)18-12(2)19(15)3/h5,8-9H,6-7H2,1-4H3. The fourth-order valence-corrected chi connectivity index (χ4v) is 2.39. The van der Waals surface area contributed by atoms with E-state index in [9.17, 15) is 0 Å². The maximum absolute atomic E-state index is 9.15. The lowest BCUT2D eigenvalue weighted by atomic mass is 10.0. The average molecular weight is 269 g/mol. The fraction of sp³-hybridized carbons (Fsp3) is 0.375. The van der Waals surface area contributed by atoms with Crippen LogP contribution in [-0.4, -0.2) is 16.7 Å². The number of nitriles is 1. The van der Waals surface area contributed by atoms with Gasteiger partial charge in [0.2, 0.25) is 0 Å². The molecule has 0 fully saturated rings. The van der Waals surface area contributed by atoms with Crippen LogP contribution in [0.4, 0.5) is 0 Å². The highest BCUT2D eigenvalue weighted by atomic mass is 16.5. The molecule has 0 saturated heterocycles. The number of aromatic nitrogens is 2. The first-order valence-corrected chi connectivity index (χ1v) is 6.62. The summed E-state index contributed by atoms with van der Waals surface area (Å²) in [5.74, 6) is 1.76. The number of nitrogens with zero attached hydrogens (tertiary/aromatic N) is 3. The van der Waals surface area contributed by atoms with Crippen molar-refractivity contribution in [3.05, 3.63) is 46.5 Å². The monoisotopic (exact) mass is 269 g/mol. The van der Waals surface area contributed by atoms with Gasteiger partial charge in [-0.3, -0.25) is 0 Å². The lowest BCUT2D eigenvalue weighted by Gasteiger charge is -2.10. The normalized spacial score (nSPS) is 10.3. The third-order valence-corrected chi connectivity index (χ3v) is 3.61. The topological polar surface area (TPSA) is 50.8 Å². The first-order valence-electron chi connectivity index (χ1n) is 6.62. The molecule has 2 rings (SSSR count). The minimum Gasteiger partial charge on any atom is -0.496 e. The van der Waals surface area contributed by atoms with Crippen LogP contribution in [0.1, 0.15) is 28.3 Å². The number of aryl methyl sites for hydroxylation is 3. The molecule has 0 N–H and O–H groups in total. The van der Waals surface area contributed by atoms with Gasteiger partial charge in [0.05, 0.1) is 12.8 Å². The van der Waals surface area contributed by atoms with Crippen molar-refractivity contribution in [2.45, 2.75) is 26.7 Å². The summed E-state index contributed by atoms with van der Waals surface area (Å²) in [5, 5.41) is 9.15. The van der Waals surface area contributed by atoms with Crippen molar-refractivity contribution < 1.29 is 4.74 Å². The molecule has 0 aliphatic rings. The molecule has 0 amide bonds. The van der Waals surface area contributed by atoms with E-state index in [4.69, 9.17) is 10.00 Å². The smallest absolute Gasteiger partial charge is 0.161 e. The lowest BCUT2D eigenvalue weighted by Crippen LogP contribution is -2.03. The van der Waals surface area contributed by atoms with E-state index in [2.05, 4.69) is 24.0 Å². The number of methoxy groups -OCH3 is 1. The Bertz CT molecular complexity index is 665. The van der Waals surface area contributed by atoms with Gasteiger partial charge in [-0.05, 0) is 38.3 Å². The third-order valence-electron chi connectivity index (χ3n) is 3.61. The molecule has 0 spiro atoms. The lowest BCUT2D eigenvalue weighted by molar-refractivity contribution is 0.409. The quantitative estimate of drug-likeness (QED) is 0.857. The van der Waals surface area contributed by atoms with E-state index < -0.39 is 0 Å². The van der Waals surface area contributed by atoms with E-state index in [0.717, 1.165) is 35.7 Å². The van der Waals surface area contributed by atoms with E-state index in [1.54, 1.807) is 7.11 Å². The van der Waals surface area contributed by atoms with Crippen molar-refractivity contribution in [3.63, 3.8) is 0 Å². The van der Waals surface area contributed by atoms with Crippen LogP contribution in [-0.2, 0) is 19.9 Å². The maximum Gasteiger partial charge on any atom is 0.161 e. The molecule has 104 valence electrons. The average Bonchev–Trinajstić information content (AvgIpc) is 2.72. The van der Waals surface area contributed by atoms with Crippen LogP contribution in [0.25, 0.3) is 0 Å². The molecule has 0 radical (unpaired) electrons. The third kappa shape index (κ3) is 2.67. The number of hydrogen-bond donors (Lipinski definition) is 0. The summed E-state index contributed by atoms with van der Waals surface area (Å²) in [6.07, 6.45) is 1.61. The fourth-order valence-electron chi connectivity index (χ4n) is 2.39. The van der Waals surface area contributed by atoms with E-state index in [1.165, 1.54) is 5.56 Å². The van der Waals surface area contributed by atoms with Gasteiger partial charge in [-0.2, -0.15) is 5.26 Å². The first-order chi connectivity index (χ1) is 9.56. The highest BCUT2D eigenvalue weighted by Gasteiger charge is 2.13. The summed E-state index contributed by atoms with van der Waals surface area (Å²) in [4.78, 5) is 4.27. The Morgan fingerprint density at radius 1 is 1.30 bits per heavy atom. The molecule has 1 aromatic heterocycles. The van der Waals surface area contributed by atoms with Crippen molar-refractivity contribution in [1.29, 1.82) is 5.26 Å². The summed E-state index contributed by atoms with van der Waals surface area (Å²) in [7, 11) is 3.63. The molecule has 2 aromatic rings. The predicted octanol–water partition coefficient (Wildman–Crippen LogP) is 2.70. The van der Waals surface area contributed by atoms with E-state index in [0.29, 0.717) is 5.69 Å².